The number of nitriles is 1. The molecular formula is C14H10ClFN2O. The Morgan fingerprint density at radius 1 is 1.26 bits per heavy atom. The fraction of sp³-hybridized carbons (Fsp3) is 0.0714. The van der Waals surface area contributed by atoms with Crippen molar-refractivity contribution in [2.45, 2.75) is 6.04 Å². The van der Waals surface area contributed by atoms with Gasteiger partial charge in [-0.05, 0) is 23.3 Å². The largest absolute Gasteiger partial charge is 0.506 e. The molecule has 0 radical (unpaired) electrons. The van der Waals surface area contributed by atoms with Gasteiger partial charge < -0.3 is 10.8 Å². The average molecular weight is 277 g/mol. The number of nitrogens with zero attached hydrogens (tertiary/aromatic N) is 1. The summed E-state index contributed by atoms with van der Waals surface area (Å²) in [6.45, 7) is 0. The molecule has 19 heavy (non-hydrogen) atoms. The zero-order valence-electron chi connectivity index (χ0n) is 9.77. The number of phenols is 1. The van der Waals surface area contributed by atoms with Crippen molar-refractivity contribution in [3.63, 3.8) is 0 Å². The number of hydrogen-bond donors (Lipinski definition) is 2. The second-order valence-electron chi connectivity index (χ2n) is 4.00. The predicted molar refractivity (Wildman–Crippen MR) is 70.3 cm³/mol. The van der Waals surface area contributed by atoms with Crippen LogP contribution in [0.2, 0.25) is 5.02 Å². The smallest absolute Gasteiger partial charge is 0.137 e. The molecule has 1 atom stereocenters. The predicted octanol–water partition coefficient (Wildman–Crippen LogP) is 3.10. The van der Waals surface area contributed by atoms with Crippen LogP contribution in [0.15, 0.2) is 36.4 Å². The maximum absolute atomic E-state index is 13.3. The highest BCUT2D eigenvalue weighted by Crippen LogP contribution is 2.34. The Labute approximate surface area is 114 Å². The minimum atomic E-state index is -0.787. The Kier molecular flexibility index (Phi) is 3.70. The van der Waals surface area contributed by atoms with Crippen LogP contribution < -0.4 is 5.73 Å². The first kappa shape index (κ1) is 13.3. The standard InChI is InChI=1S/C14H10ClFN2O/c15-13-11(5-9(16)6-12(13)19)14(18)10-4-2-1-3-8(10)7-17/h1-6,14,19H,18H2. The van der Waals surface area contributed by atoms with Crippen LogP contribution in [0, 0.1) is 17.1 Å². The van der Waals surface area contributed by atoms with Crippen molar-refractivity contribution in [1.29, 1.82) is 5.26 Å². The Hall–Kier alpha value is -2.09. The van der Waals surface area contributed by atoms with E-state index in [1.54, 1.807) is 24.3 Å². The van der Waals surface area contributed by atoms with Crippen LogP contribution in [0.3, 0.4) is 0 Å². The summed E-state index contributed by atoms with van der Waals surface area (Å²) in [5.41, 5.74) is 7.16. The molecule has 2 aromatic carbocycles. The van der Waals surface area contributed by atoms with Crippen molar-refractivity contribution >= 4 is 11.6 Å². The molecular weight excluding hydrogens is 267 g/mol. The molecule has 0 aliphatic carbocycles. The van der Waals surface area contributed by atoms with Crippen molar-refractivity contribution in [3.05, 3.63) is 63.9 Å². The van der Waals surface area contributed by atoms with Gasteiger partial charge in [-0.25, -0.2) is 4.39 Å². The first-order chi connectivity index (χ1) is 9.04. The average Bonchev–Trinajstić information content (AvgIpc) is 2.42. The summed E-state index contributed by atoms with van der Waals surface area (Å²) in [6.07, 6.45) is 0. The van der Waals surface area contributed by atoms with Gasteiger partial charge in [0.05, 0.1) is 22.7 Å². The summed E-state index contributed by atoms with van der Waals surface area (Å²) in [5, 5.41) is 18.5. The third kappa shape index (κ3) is 2.53. The van der Waals surface area contributed by atoms with Gasteiger partial charge in [-0.1, -0.05) is 29.8 Å². The summed E-state index contributed by atoms with van der Waals surface area (Å²) >= 11 is 5.93. The van der Waals surface area contributed by atoms with E-state index in [0.29, 0.717) is 11.1 Å². The molecule has 3 N–H and O–H groups in total. The fourth-order valence-corrected chi connectivity index (χ4v) is 2.09. The van der Waals surface area contributed by atoms with E-state index in [1.165, 1.54) is 0 Å². The van der Waals surface area contributed by atoms with E-state index in [4.69, 9.17) is 22.6 Å². The topological polar surface area (TPSA) is 70.0 Å². The third-order valence-corrected chi connectivity index (χ3v) is 3.21. The summed E-state index contributed by atoms with van der Waals surface area (Å²) < 4.78 is 13.3. The van der Waals surface area contributed by atoms with Crippen molar-refractivity contribution < 1.29 is 9.50 Å². The van der Waals surface area contributed by atoms with Crippen LogP contribution in [-0.2, 0) is 0 Å². The SMILES string of the molecule is N#Cc1ccccc1C(N)c1cc(F)cc(O)c1Cl. The third-order valence-electron chi connectivity index (χ3n) is 2.80. The van der Waals surface area contributed by atoms with Gasteiger partial charge in [0.25, 0.3) is 0 Å². The number of aromatic hydroxyl groups is 1. The van der Waals surface area contributed by atoms with Crippen LogP contribution in [0.25, 0.3) is 0 Å². The van der Waals surface area contributed by atoms with Crippen LogP contribution in [0.5, 0.6) is 5.75 Å². The summed E-state index contributed by atoms with van der Waals surface area (Å²) in [6, 6.07) is 10.0. The molecule has 0 saturated carbocycles. The van der Waals surface area contributed by atoms with E-state index in [-0.39, 0.29) is 16.3 Å². The molecule has 2 rings (SSSR count). The molecule has 0 bridgehead atoms. The molecule has 0 amide bonds. The van der Waals surface area contributed by atoms with Crippen molar-refractivity contribution in [2.75, 3.05) is 0 Å². The lowest BCUT2D eigenvalue weighted by Crippen LogP contribution is -2.14. The molecule has 96 valence electrons. The van der Waals surface area contributed by atoms with Crippen molar-refractivity contribution in [2.24, 2.45) is 5.73 Å². The Morgan fingerprint density at radius 2 is 1.95 bits per heavy atom. The molecule has 1 unspecified atom stereocenters. The monoisotopic (exact) mass is 276 g/mol. The van der Waals surface area contributed by atoms with E-state index < -0.39 is 11.9 Å². The minimum absolute atomic E-state index is 0.0124. The van der Waals surface area contributed by atoms with Gasteiger partial charge >= 0.3 is 0 Å². The highest BCUT2D eigenvalue weighted by atomic mass is 35.5. The number of rotatable bonds is 2. The van der Waals surface area contributed by atoms with E-state index in [1.807, 2.05) is 6.07 Å². The van der Waals surface area contributed by atoms with Gasteiger partial charge in [0.15, 0.2) is 0 Å². The number of phenolic OH excluding ortho intramolecular Hbond substituents is 1. The molecule has 0 aromatic heterocycles. The summed E-state index contributed by atoms with van der Waals surface area (Å²) in [4.78, 5) is 0. The second kappa shape index (κ2) is 5.27. The zero-order valence-corrected chi connectivity index (χ0v) is 10.5. The first-order valence-corrected chi connectivity index (χ1v) is 5.85. The summed E-state index contributed by atoms with van der Waals surface area (Å²) in [7, 11) is 0. The Bertz CT molecular complexity index is 667. The van der Waals surface area contributed by atoms with E-state index >= 15 is 0 Å². The maximum atomic E-state index is 13.3. The van der Waals surface area contributed by atoms with E-state index in [9.17, 15) is 9.50 Å². The van der Waals surface area contributed by atoms with Crippen molar-refractivity contribution in [1.82, 2.24) is 0 Å². The molecule has 0 saturated heterocycles. The normalized spacial score (nSPS) is 11.9. The minimum Gasteiger partial charge on any atom is -0.506 e. The Balaban J connectivity index is 2.57. The quantitative estimate of drug-likeness (QED) is 0.885. The molecule has 3 nitrogen and oxygen atoms in total. The zero-order chi connectivity index (χ0) is 14.0. The number of benzene rings is 2. The molecule has 0 spiro atoms. The van der Waals surface area contributed by atoms with Gasteiger partial charge in [-0.15, -0.1) is 0 Å². The fourth-order valence-electron chi connectivity index (χ4n) is 1.86. The van der Waals surface area contributed by atoms with Gasteiger partial charge in [-0.2, -0.15) is 5.26 Å². The summed E-state index contributed by atoms with van der Waals surface area (Å²) in [5.74, 6) is -1.01. The number of halogens is 2. The molecule has 0 fully saturated rings. The highest BCUT2D eigenvalue weighted by Gasteiger charge is 2.19. The first-order valence-electron chi connectivity index (χ1n) is 5.47. The lowest BCUT2D eigenvalue weighted by molar-refractivity contribution is 0.468. The molecule has 5 heteroatoms. The van der Waals surface area contributed by atoms with E-state index in [2.05, 4.69) is 0 Å². The number of nitrogens with two attached hydrogens (primary N) is 1. The second-order valence-corrected chi connectivity index (χ2v) is 4.38. The van der Waals surface area contributed by atoms with E-state index in [0.717, 1.165) is 12.1 Å². The highest BCUT2D eigenvalue weighted by molar-refractivity contribution is 6.32. The van der Waals surface area contributed by atoms with Crippen LogP contribution in [0.4, 0.5) is 4.39 Å². The molecule has 0 heterocycles. The van der Waals surface area contributed by atoms with Gasteiger partial charge in [0, 0.05) is 6.07 Å². The lowest BCUT2D eigenvalue weighted by Gasteiger charge is -2.16. The maximum Gasteiger partial charge on any atom is 0.137 e. The van der Waals surface area contributed by atoms with Crippen LogP contribution in [-0.4, -0.2) is 5.11 Å². The lowest BCUT2D eigenvalue weighted by atomic mass is 9.95. The van der Waals surface area contributed by atoms with Gasteiger partial charge in [0.2, 0.25) is 0 Å². The Morgan fingerprint density at radius 3 is 2.63 bits per heavy atom. The number of hydrogen-bond acceptors (Lipinski definition) is 3. The van der Waals surface area contributed by atoms with Gasteiger partial charge in [-0.3, -0.25) is 0 Å². The van der Waals surface area contributed by atoms with Crippen LogP contribution >= 0.6 is 11.6 Å². The van der Waals surface area contributed by atoms with Gasteiger partial charge in [0.1, 0.15) is 11.6 Å². The molecule has 0 aliphatic heterocycles. The van der Waals surface area contributed by atoms with Crippen LogP contribution in [0.1, 0.15) is 22.7 Å². The van der Waals surface area contributed by atoms with Crippen molar-refractivity contribution in [3.8, 4) is 11.8 Å². The molecule has 2 aromatic rings. The molecule has 0 aliphatic rings.